The topological polar surface area (TPSA) is 49.7 Å². The van der Waals surface area contributed by atoms with Gasteiger partial charge < -0.3 is 14.9 Å². The summed E-state index contributed by atoms with van der Waals surface area (Å²) < 4.78 is 5.39. The number of phenols is 1. The van der Waals surface area contributed by atoms with Gasteiger partial charge in [0.15, 0.2) is 11.5 Å². The van der Waals surface area contributed by atoms with Crippen LogP contribution >= 0.6 is 0 Å². The van der Waals surface area contributed by atoms with E-state index in [-0.39, 0.29) is 5.75 Å². The zero-order valence-electron chi connectivity index (χ0n) is 16.1. The third kappa shape index (κ3) is 15.0. The Morgan fingerprint density at radius 2 is 1.79 bits per heavy atom. The van der Waals surface area contributed by atoms with Crippen LogP contribution in [0.15, 0.2) is 48.3 Å². The maximum atomic E-state index is 9.34. The van der Waals surface area contributed by atoms with E-state index in [1.165, 1.54) is 12.8 Å². The van der Waals surface area contributed by atoms with E-state index in [4.69, 9.17) is 9.84 Å². The molecule has 1 rings (SSSR count). The summed E-state index contributed by atoms with van der Waals surface area (Å²) in [4.78, 5) is 0. The molecule has 0 atom stereocenters. The van der Waals surface area contributed by atoms with E-state index in [1.54, 1.807) is 18.2 Å². The molecule has 0 aromatic heterocycles. The van der Waals surface area contributed by atoms with Gasteiger partial charge in [-0.15, -0.1) is 0 Å². The normalized spacial score (nSPS) is 10.5. The fourth-order valence-corrected chi connectivity index (χ4v) is 1.67. The van der Waals surface area contributed by atoms with Gasteiger partial charge in [0.25, 0.3) is 0 Å². The summed E-state index contributed by atoms with van der Waals surface area (Å²) in [6.45, 7) is 10.8. The number of phenolic OH excluding ortho intramolecular Hbond substituents is 1. The summed E-state index contributed by atoms with van der Waals surface area (Å²) >= 11 is 0. The van der Waals surface area contributed by atoms with Crippen LogP contribution in [-0.2, 0) is 0 Å². The van der Waals surface area contributed by atoms with Gasteiger partial charge in [-0.3, -0.25) is 0 Å². The Hall–Kier alpha value is -1.90. The van der Waals surface area contributed by atoms with Gasteiger partial charge in [-0.1, -0.05) is 64.8 Å². The molecule has 0 heterocycles. The van der Waals surface area contributed by atoms with Crippen molar-refractivity contribution in [1.82, 2.24) is 0 Å². The maximum absolute atomic E-state index is 9.34. The van der Waals surface area contributed by atoms with Gasteiger partial charge in [-0.05, 0) is 38.0 Å². The molecule has 1 aromatic carbocycles. The Morgan fingerprint density at radius 1 is 1.12 bits per heavy atom. The second-order valence-corrected chi connectivity index (χ2v) is 4.90. The summed E-state index contributed by atoms with van der Waals surface area (Å²) in [5.74, 6) is 1.27. The summed E-state index contributed by atoms with van der Waals surface area (Å²) in [5, 5.41) is 18.3. The molecule has 0 saturated carbocycles. The lowest BCUT2D eigenvalue weighted by Crippen LogP contribution is -1.96. The maximum Gasteiger partial charge on any atom is 0.160 e. The predicted octanol–water partition coefficient (Wildman–Crippen LogP) is 6.79. The van der Waals surface area contributed by atoms with Gasteiger partial charge >= 0.3 is 0 Å². The minimum atomic E-state index is 0.221. The molecule has 0 fully saturated rings. The van der Waals surface area contributed by atoms with Crippen LogP contribution in [-0.4, -0.2) is 16.8 Å². The molecule has 138 valence electrons. The summed E-state index contributed by atoms with van der Waals surface area (Å²) in [6, 6.07) is 7.06. The number of ether oxygens (including phenoxy) is 1. The molecule has 0 unspecified atom stereocenters. The Morgan fingerprint density at radius 3 is 2.33 bits per heavy atom. The highest BCUT2D eigenvalue weighted by atomic mass is 16.5. The number of benzene rings is 1. The van der Waals surface area contributed by atoms with Crippen LogP contribution in [0, 0.1) is 0 Å². The lowest BCUT2D eigenvalue weighted by molar-refractivity contribution is 0.290. The van der Waals surface area contributed by atoms with Crippen LogP contribution in [0.1, 0.15) is 66.7 Å². The molecule has 0 spiro atoms. The van der Waals surface area contributed by atoms with Crippen molar-refractivity contribution in [3.05, 3.63) is 48.3 Å². The lowest BCUT2D eigenvalue weighted by atomic mass is 10.3. The Balaban J connectivity index is 0. The predicted molar refractivity (Wildman–Crippen MR) is 105 cm³/mol. The van der Waals surface area contributed by atoms with E-state index >= 15 is 0 Å². The average Bonchev–Trinajstić information content (AvgIpc) is 2.61. The number of hydrogen-bond donors (Lipinski definition) is 2. The first kappa shape index (κ1) is 24.4. The van der Waals surface area contributed by atoms with Crippen molar-refractivity contribution in [2.24, 2.45) is 0 Å². The second kappa shape index (κ2) is 19.1. The van der Waals surface area contributed by atoms with Crippen molar-refractivity contribution in [3.8, 4) is 11.5 Å². The van der Waals surface area contributed by atoms with Gasteiger partial charge in [0, 0.05) is 6.42 Å². The number of hydrogen-bond acceptors (Lipinski definition) is 3. The van der Waals surface area contributed by atoms with Gasteiger partial charge in [0.1, 0.15) is 0 Å². The average molecular weight is 337 g/mol. The van der Waals surface area contributed by atoms with Crippen LogP contribution in [0.5, 0.6) is 11.5 Å². The Kier molecular flexibility index (Phi) is 19.4. The number of unbranched alkanes of at least 4 members (excludes halogenated alkanes) is 2. The highest BCUT2D eigenvalue weighted by Crippen LogP contribution is 2.24. The molecule has 3 nitrogen and oxygen atoms in total. The molecular formula is C21H36O3. The van der Waals surface area contributed by atoms with Crippen molar-refractivity contribution in [1.29, 1.82) is 0 Å². The third-order valence-electron chi connectivity index (χ3n) is 2.87. The lowest BCUT2D eigenvalue weighted by Gasteiger charge is -2.06. The number of aromatic hydroxyl groups is 1. The summed E-state index contributed by atoms with van der Waals surface area (Å²) in [7, 11) is 0. The number of rotatable bonds is 8. The van der Waals surface area contributed by atoms with Crippen LogP contribution < -0.4 is 4.74 Å². The van der Waals surface area contributed by atoms with E-state index in [9.17, 15) is 5.11 Å². The number of aliphatic hydroxyl groups is 1. The molecule has 0 aliphatic heterocycles. The first-order chi connectivity index (χ1) is 11.7. The molecule has 1 aromatic rings. The third-order valence-corrected chi connectivity index (χ3v) is 2.87. The van der Waals surface area contributed by atoms with Crippen molar-refractivity contribution in [2.45, 2.75) is 66.7 Å². The highest BCUT2D eigenvalue weighted by molar-refractivity contribution is 5.37. The highest BCUT2D eigenvalue weighted by Gasteiger charge is 1.98. The molecule has 0 bridgehead atoms. The molecule has 0 radical (unpaired) electrons. The Bertz CT molecular complexity index is 436. The zero-order chi connectivity index (χ0) is 18.6. The molecule has 0 aliphatic rings. The van der Waals surface area contributed by atoms with Gasteiger partial charge in [-0.2, -0.15) is 0 Å². The van der Waals surface area contributed by atoms with E-state index < -0.39 is 0 Å². The molecule has 3 heteroatoms. The molecule has 24 heavy (non-hydrogen) atoms. The van der Waals surface area contributed by atoms with Crippen LogP contribution in [0.25, 0.3) is 0 Å². The van der Waals surface area contributed by atoms with Crippen molar-refractivity contribution < 1.29 is 14.9 Å². The van der Waals surface area contributed by atoms with Crippen LogP contribution in [0.3, 0.4) is 0 Å². The molecular weight excluding hydrogens is 300 g/mol. The number of para-hydroxylation sites is 2. The number of allylic oxidation sites excluding steroid dienone is 3. The van der Waals surface area contributed by atoms with E-state index in [1.807, 2.05) is 52.0 Å². The summed E-state index contributed by atoms with van der Waals surface area (Å²) in [6.07, 6.45) is 10.7. The SMILES string of the molecule is C/C=C\C/C(O)=C\CC.CC.CCCCCOc1ccccc1O. The fourth-order valence-electron chi connectivity index (χ4n) is 1.67. The molecule has 0 aliphatic carbocycles. The van der Waals surface area contributed by atoms with Crippen LogP contribution in [0.2, 0.25) is 0 Å². The summed E-state index contributed by atoms with van der Waals surface area (Å²) in [5.41, 5.74) is 0. The number of aliphatic hydroxyl groups excluding tert-OH is 1. The van der Waals surface area contributed by atoms with Crippen molar-refractivity contribution in [2.75, 3.05) is 6.61 Å². The fraction of sp³-hybridized carbons (Fsp3) is 0.524. The monoisotopic (exact) mass is 336 g/mol. The molecule has 0 saturated heterocycles. The van der Waals surface area contributed by atoms with Gasteiger partial charge in [0.05, 0.1) is 12.4 Å². The minimum absolute atomic E-state index is 0.221. The van der Waals surface area contributed by atoms with Crippen molar-refractivity contribution in [3.63, 3.8) is 0 Å². The molecule has 2 N–H and O–H groups in total. The van der Waals surface area contributed by atoms with E-state index in [0.29, 0.717) is 24.5 Å². The second-order valence-electron chi connectivity index (χ2n) is 4.90. The smallest absolute Gasteiger partial charge is 0.160 e. The zero-order valence-corrected chi connectivity index (χ0v) is 16.1. The van der Waals surface area contributed by atoms with Crippen LogP contribution in [0.4, 0.5) is 0 Å². The van der Waals surface area contributed by atoms with Crippen molar-refractivity contribution >= 4 is 0 Å². The van der Waals surface area contributed by atoms with Gasteiger partial charge in [-0.25, -0.2) is 0 Å². The minimum Gasteiger partial charge on any atom is -0.512 e. The van der Waals surface area contributed by atoms with E-state index in [0.717, 1.165) is 12.8 Å². The standard InChI is InChI=1S/C11H16O2.C8H14O.C2H6/c1-2-3-6-9-13-11-8-5-4-7-10(11)12;1-3-5-7-8(9)6-4-2;1-2/h4-5,7-8,12H,2-3,6,9H2,1H3;3,5-6,9H,4,7H2,1-2H3;1-2H3/b;5-3-,8-6+;. The quantitative estimate of drug-likeness (QED) is 0.312. The first-order valence-electron chi connectivity index (χ1n) is 9.05. The Labute approximate surface area is 148 Å². The van der Waals surface area contributed by atoms with Gasteiger partial charge in [0.2, 0.25) is 0 Å². The largest absolute Gasteiger partial charge is 0.512 e. The van der Waals surface area contributed by atoms with E-state index in [2.05, 4.69) is 6.92 Å². The molecule has 0 amide bonds. The first-order valence-corrected chi connectivity index (χ1v) is 9.05.